The van der Waals surface area contributed by atoms with Gasteiger partial charge in [-0.2, -0.15) is 0 Å². The van der Waals surface area contributed by atoms with Gasteiger partial charge in [0, 0.05) is 23.3 Å². The minimum atomic E-state index is 0.199. The number of pyridine rings is 1. The minimum absolute atomic E-state index is 0.199. The number of nitrogens with zero attached hydrogens (tertiary/aromatic N) is 1. The number of benzene rings is 1. The molecule has 0 amide bonds. The predicted molar refractivity (Wildman–Crippen MR) is 88.4 cm³/mol. The Labute approximate surface area is 138 Å². The molecular formula is C16H19BrN2O3. The van der Waals surface area contributed by atoms with E-state index in [0.717, 1.165) is 15.7 Å². The first-order chi connectivity index (χ1) is 10.5. The largest absolute Gasteiger partial charge is 0.506 e. The molecule has 1 aromatic heterocycles. The maximum Gasteiger partial charge on any atom is 0.161 e. The number of rotatable bonds is 6. The minimum Gasteiger partial charge on any atom is -0.506 e. The highest BCUT2D eigenvalue weighted by atomic mass is 79.9. The first kappa shape index (κ1) is 16.6. The molecule has 0 bridgehead atoms. The molecule has 0 aliphatic heterocycles. The van der Waals surface area contributed by atoms with E-state index in [-0.39, 0.29) is 5.75 Å². The van der Waals surface area contributed by atoms with Crippen LogP contribution in [0.5, 0.6) is 17.2 Å². The van der Waals surface area contributed by atoms with Crippen LogP contribution in [-0.2, 0) is 13.1 Å². The number of hydrogen-bond acceptors (Lipinski definition) is 5. The molecular weight excluding hydrogens is 348 g/mol. The monoisotopic (exact) mass is 366 g/mol. The zero-order valence-electron chi connectivity index (χ0n) is 12.8. The first-order valence-corrected chi connectivity index (χ1v) is 7.61. The van der Waals surface area contributed by atoms with Crippen molar-refractivity contribution < 1.29 is 14.6 Å². The molecule has 22 heavy (non-hydrogen) atoms. The van der Waals surface area contributed by atoms with Gasteiger partial charge >= 0.3 is 0 Å². The number of hydrogen-bond donors (Lipinski definition) is 2. The Balaban J connectivity index is 2.07. The summed E-state index contributed by atoms with van der Waals surface area (Å²) in [5.74, 6) is 1.56. The molecule has 2 aromatic rings. The number of ether oxygens (including phenoxy) is 2. The number of halogens is 1. The van der Waals surface area contributed by atoms with Gasteiger partial charge in [-0.3, -0.25) is 4.98 Å². The fraction of sp³-hybridized carbons (Fsp3) is 0.312. The maximum absolute atomic E-state index is 9.79. The molecule has 0 spiro atoms. The van der Waals surface area contributed by atoms with E-state index in [4.69, 9.17) is 9.47 Å². The summed E-state index contributed by atoms with van der Waals surface area (Å²) in [5, 5.41) is 13.1. The molecule has 0 fully saturated rings. The van der Waals surface area contributed by atoms with Crippen LogP contribution in [0.2, 0.25) is 0 Å². The molecule has 118 valence electrons. The van der Waals surface area contributed by atoms with Gasteiger partial charge in [0.25, 0.3) is 0 Å². The van der Waals surface area contributed by atoms with Crippen molar-refractivity contribution in [3.63, 3.8) is 0 Å². The van der Waals surface area contributed by atoms with Crippen molar-refractivity contribution in [2.24, 2.45) is 0 Å². The predicted octanol–water partition coefficient (Wildman–Crippen LogP) is 3.17. The van der Waals surface area contributed by atoms with E-state index in [0.29, 0.717) is 30.3 Å². The Hall–Kier alpha value is -1.79. The van der Waals surface area contributed by atoms with Gasteiger partial charge in [0.05, 0.1) is 19.9 Å². The molecule has 6 heteroatoms. The zero-order valence-corrected chi connectivity index (χ0v) is 14.4. The van der Waals surface area contributed by atoms with Crippen LogP contribution in [-0.4, -0.2) is 24.3 Å². The van der Waals surface area contributed by atoms with Crippen molar-refractivity contribution in [2.45, 2.75) is 20.0 Å². The van der Waals surface area contributed by atoms with Gasteiger partial charge in [0.15, 0.2) is 11.5 Å². The van der Waals surface area contributed by atoms with E-state index < -0.39 is 0 Å². The Morgan fingerprint density at radius 2 is 1.82 bits per heavy atom. The second-order valence-electron chi connectivity index (χ2n) is 4.82. The third-order valence-corrected chi connectivity index (χ3v) is 3.99. The van der Waals surface area contributed by atoms with Gasteiger partial charge in [-0.25, -0.2) is 0 Å². The average molecular weight is 367 g/mol. The molecule has 2 rings (SSSR count). The molecule has 1 aromatic carbocycles. The second-order valence-corrected chi connectivity index (χ2v) is 5.67. The number of aryl methyl sites for hydroxylation is 1. The van der Waals surface area contributed by atoms with Gasteiger partial charge in [0.2, 0.25) is 0 Å². The molecule has 0 aliphatic rings. The van der Waals surface area contributed by atoms with E-state index in [9.17, 15) is 5.11 Å². The Kier molecular flexibility index (Phi) is 5.63. The Morgan fingerprint density at radius 1 is 1.14 bits per heavy atom. The van der Waals surface area contributed by atoms with Crippen molar-refractivity contribution in [1.29, 1.82) is 0 Å². The maximum atomic E-state index is 9.79. The Bertz CT molecular complexity index is 662. The second kappa shape index (κ2) is 7.47. The summed E-state index contributed by atoms with van der Waals surface area (Å²) in [6, 6.07) is 7.23. The lowest BCUT2D eigenvalue weighted by Gasteiger charge is -2.13. The molecule has 1 heterocycles. The van der Waals surface area contributed by atoms with Crippen LogP contribution in [0.1, 0.15) is 17.0 Å². The summed E-state index contributed by atoms with van der Waals surface area (Å²) in [6.45, 7) is 2.98. The highest BCUT2D eigenvalue weighted by Gasteiger charge is 2.10. The molecule has 0 saturated carbocycles. The van der Waals surface area contributed by atoms with Crippen LogP contribution in [0.25, 0.3) is 0 Å². The summed E-state index contributed by atoms with van der Waals surface area (Å²) in [6.07, 6.45) is 0. The number of aromatic nitrogens is 1. The molecule has 0 radical (unpaired) electrons. The fourth-order valence-corrected chi connectivity index (χ4v) is 2.54. The van der Waals surface area contributed by atoms with Crippen LogP contribution in [0.15, 0.2) is 28.7 Å². The Morgan fingerprint density at radius 3 is 2.50 bits per heavy atom. The van der Waals surface area contributed by atoms with Crippen LogP contribution in [0, 0.1) is 6.92 Å². The van der Waals surface area contributed by atoms with E-state index in [2.05, 4.69) is 26.2 Å². The standard InChI is InChI=1S/C16H19BrN2O3/c1-10-4-5-14(20)13(19-10)9-18-8-11-6-15(21-2)16(22-3)7-12(11)17/h4-7,18,20H,8-9H2,1-3H3. The van der Waals surface area contributed by atoms with E-state index in [1.165, 1.54) is 0 Å². The lowest BCUT2D eigenvalue weighted by molar-refractivity contribution is 0.354. The van der Waals surface area contributed by atoms with Crippen LogP contribution >= 0.6 is 15.9 Å². The van der Waals surface area contributed by atoms with Crippen molar-refractivity contribution in [3.8, 4) is 17.2 Å². The highest BCUT2D eigenvalue weighted by Crippen LogP contribution is 2.33. The van der Waals surface area contributed by atoms with Crippen LogP contribution < -0.4 is 14.8 Å². The van der Waals surface area contributed by atoms with Crippen LogP contribution in [0.4, 0.5) is 0 Å². The first-order valence-electron chi connectivity index (χ1n) is 6.81. The van der Waals surface area contributed by atoms with Crippen molar-refractivity contribution >= 4 is 15.9 Å². The zero-order chi connectivity index (χ0) is 16.1. The fourth-order valence-electron chi connectivity index (χ4n) is 2.08. The third-order valence-electron chi connectivity index (χ3n) is 3.25. The number of nitrogens with one attached hydrogen (secondary N) is 1. The molecule has 0 unspecified atom stereocenters. The smallest absolute Gasteiger partial charge is 0.161 e. The summed E-state index contributed by atoms with van der Waals surface area (Å²) in [7, 11) is 3.21. The summed E-state index contributed by atoms with van der Waals surface area (Å²) < 4.78 is 11.5. The highest BCUT2D eigenvalue weighted by molar-refractivity contribution is 9.10. The van der Waals surface area contributed by atoms with Crippen molar-refractivity contribution in [1.82, 2.24) is 10.3 Å². The number of methoxy groups -OCH3 is 2. The van der Waals surface area contributed by atoms with Gasteiger partial charge < -0.3 is 19.9 Å². The molecule has 2 N–H and O–H groups in total. The van der Waals surface area contributed by atoms with Crippen molar-refractivity contribution in [2.75, 3.05) is 14.2 Å². The summed E-state index contributed by atoms with van der Waals surface area (Å²) >= 11 is 3.52. The third kappa shape index (κ3) is 3.90. The van der Waals surface area contributed by atoms with Gasteiger partial charge in [-0.05, 0) is 36.8 Å². The molecule has 5 nitrogen and oxygen atoms in total. The SMILES string of the molecule is COc1cc(Br)c(CNCc2nc(C)ccc2O)cc1OC. The number of aromatic hydroxyl groups is 1. The lowest BCUT2D eigenvalue weighted by atomic mass is 10.2. The van der Waals surface area contributed by atoms with Gasteiger partial charge in [0.1, 0.15) is 5.75 Å². The van der Waals surface area contributed by atoms with E-state index in [1.54, 1.807) is 26.4 Å². The quantitative estimate of drug-likeness (QED) is 0.821. The van der Waals surface area contributed by atoms with Crippen LogP contribution in [0.3, 0.4) is 0 Å². The molecule has 0 aliphatic carbocycles. The summed E-state index contributed by atoms with van der Waals surface area (Å²) in [4.78, 5) is 4.32. The average Bonchev–Trinajstić information content (AvgIpc) is 2.51. The van der Waals surface area contributed by atoms with E-state index >= 15 is 0 Å². The van der Waals surface area contributed by atoms with Gasteiger partial charge in [-0.1, -0.05) is 15.9 Å². The van der Waals surface area contributed by atoms with E-state index in [1.807, 2.05) is 19.1 Å². The molecule has 0 saturated heterocycles. The van der Waals surface area contributed by atoms with Crippen molar-refractivity contribution in [3.05, 3.63) is 45.7 Å². The molecule has 0 atom stereocenters. The summed E-state index contributed by atoms with van der Waals surface area (Å²) in [5.41, 5.74) is 2.54. The lowest BCUT2D eigenvalue weighted by Crippen LogP contribution is -2.14. The normalized spacial score (nSPS) is 10.5. The topological polar surface area (TPSA) is 63.6 Å². The van der Waals surface area contributed by atoms with Gasteiger partial charge in [-0.15, -0.1) is 0 Å².